The van der Waals surface area contributed by atoms with E-state index in [2.05, 4.69) is 20.6 Å². The number of carbonyl (C=O) groups excluding carboxylic acids is 2. The van der Waals surface area contributed by atoms with Crippen molar-refractivity contribution in [2.45, 2.75) is 12.8 Å². The molecule has 2 heterocycles. The van der Waals surface area contributed by atoms with Crippen LogP contribution >= 0.6 is 0 Å². The van der Waals surface area contributed by atoms with E-state index in [-0.39, 0.29) is 17.7 Å². The Bertz CT molecular complexity index is 748. The highest BCUT2D eigenvalue weighted by atomic mass is 16.2. The lowest BCUT2D eigenvalue weighted by molar-refractivity contribution is -0.124. The van der Waals surface area contributed by atoms with Gasteiger partial charge in [0.15, 0.2) is 0 Å². The Morgan fingerprint density at radius 1 is 1.19 bits per heavy atom. The SMILES string of the molecule is CNc1ncc(C(=O)N2CCC(C(=O)NCCc3ccccc3)C2)cn1. The van der Waals surface area contributed by atoms with Gasteiger partial charge in [-0.2, -0.15) is 0 Å². The van der Waals surface area contributed by atoms with Crippen LogP contribution in [-0.2, 0) is 11.2 Å². The summed E-state index contributed by atoms with van der Waals surface area (Å²) >= 11 is 0. The van der Waals surface area contributed by atoms with Crippen LogP contribution in [0.15, 0.2) is 42.7 Å². The Kier molecular flexibility index (Phi) is 5.78. The molecule has 7 heteroatoms. The minimum Gasteiger partial charge on any atom is -0.357 e. The highest BCUT2D eigenvalue weighted by molar-refractivity contribution is 5.94. The zero-order valence-corrected chi connectivity index (χ0v) is 14.8. The van der Waals surface area contributed by atoms with E-state index < -0.39 is 0 Å². The molecule has 1 aromatic heterocycles. The number of hydrogen-bond donors (Lipinski definition) is 2. The fraction of sp³-hybridized carbons (Fsp3) is 0.368. The predicted octanol–water partition coefficient (Wildman–Crippen LogP) is 1.34. The second-order valence-corrected chi connectivity index (χ2v) is 6.31. The Morgan fingerprint density at radius 2 is 1.92 bits per heavy atom. The van der Waals surface area contributed by atoms with Gasteiger partial charge in [0.25, 0.3) is 5.91 Å². The van der Waals surface area contributed by atoms with E-state index >= 15 is 0 Å². The quantitative estimate of drug-likeness (QED) is 0.818. The molecule has 1 aliphatic heterocycles. The number of nitrogens with zero attached hydrogens (tertiary/aromatic N) is 3. The molecule has 1 fully saturated rings. The van der Waals surface area contributed by atoms with Crippen LogP contribution in [0.4, 0.5) is 5.95 Å². The first-order chi connectivity index (χ1) is 12.7. The minimum atomic E-state index is -0.160. The number of carbonyl (C=O) groups is 2. The summed E-state index contributed by atoms with van der Waals surface area (Å²) in [6, 6.07) is 10.0. The first-order valence-electron chi connectivity index (χ1n) is 8.78. The molecule has 0 bridgehead atoms. The van der Waals surface area contributed by atoms with Gasteiger partial charge in [0.05, 0.1) is 11.5 Å². The molecule has 2 N–H and O–H groups in total. The van der Waals surface area contributed by atoms with Gasteiger partial charge < -0.3 is 15.5 Å². The van der Waals surface area contributed by atoms with E-state index in [0.29, 0.717) is 37.6 Å². The van der Waals surface area contributed by atoms with Crippen molar-refractivity contribution in [3.05, 3.63) is 53.9 Å². The van der Waals surface area contributed by atoms with Crippen molar-refractivity contribution in [1.82, 2.24) is 20.2 Å². The molecule has 3 rings (SSSR count). The minimum absolute atomic E-state index is 0.0120. The standard InChI is InChI=1S/C19H23N5O2/c1-20-19-22-11-16(12-23-19)18(26)24-10-8-15(13-24)17(25)21-9-7-14-5-3-2-4-6-14/h2-6,11-12,15H,7-10,13H2,1H3,(H,21,25)(H,20,22,23). The van der Waals surface area contributed by atoms with Gasteiger partial charge in [0.1, 0.15) is 0 Å². The van der Waals surface area contributed by atoms with E-state index in [1.54, 1.807) is 11.9 Å². The van der Waals surface area contributed by atoms with Crippen LogP contribution in [0.1, 0.15) is 22.3 Å². The van der Waals surface area contributed by atoms with Gasteiger partial charge in [0.2, 0.25) is 11.9 Å². The summed E-state index contributed by atoms with van der Waals surface area (Å²) in [5, 5.41) is 5.79. The average molecular weight is 353 g/mol. The molecule has 1 atom stereocenters. The molecule has 1 aliphatic rings. The third kappa shape index (κ3) is 4.36. The summed E-state index contributed by atoms with van der Waals surface area (Å²) in [4.78, 5) is 34.7. The first kappa shape index (κ1) is 17.8. The summed E-state index contributed by atoms with van der Waals surface area (Å²) in [6.45, 7) is 1.61. The third-order valence-electron chi connectivity index (χ3n) is 4.52. The molecule has 2 amide bonds. The molecule has 0 aliphatic carbocycles. The Morgan fingerprint density at radius 3 is 2.62 bits per heavy atom. The summed E-state index contributed by atoms with van der Waals surface area (Å²) < 4.78 is 0. The van der Waals surface area contributed by atoms with E-state index in [1.165, 1.54) is 18.0 Å². The molecule has 1 unspecified atom stereocenters. The van der Waals surface area contributed by atoms with E-state index in [4.69, 9.17) is 0 Å². The number of anilines is 1. The smallest absolute Gasteiger partial charge is 0.257 e. The lowest BCUT2D eigenvalue weighted by Crippen LogP contribution is -2.35. The molecule has 7 nitrogen and oxygen atoms in total. The normalized spacial score (nSPS) is 16.3. The predicted molar refractivity (Wildman–Crippen MR) is 98.7 cm³/mol. The summed E-state index contributed by atoms with van der Waals surface area (Å²) in [5.41, 5.74) is 1.63. The van der Waals surface area contributed by atoms with Crippen molar-refractivity contribution in [2.24, 2.45) is 5.92 Å². The highest BCUT2D eigenvalue weighted by Gasteiger charge is 2.31. The molecule has 1 aromatic carbocycles. The summed E-state index contributed by atoms with van der Waals surface area (Å²) in [6.07, 6.45) is 4.50. The van der Waals surface area contributed by atoms with E-state index in [9.17, 15) is 9.59 Å². The maximum Gasteiger partial charge on any atom is 0.257 e. The fourth-order valence-electron chi connectivity index (χ4n) is 3.03. The Labute approximate surface area is 152 Å². The average Bonchev–Trinajstić information content (AvgIpc) is 3.18. The summed E-state index contributed by atoms with van der Waals surface area (Å²) in [5.74, 6) is 0.191. The van der Waals surface area contributed by atoms with Crippen molar-refractivity contribution in [2.75, 3.05) is 32.0 Å². The number of likely N-dealkylation sites (tertiary alicyclic amines) is 1. The maximum absolute atomic E-state index is 12.5. The van der Waals surface area contributed by atoms with Gasteiger partial charge in [0, 0.05) is 39.1 Å². The molecule has 26 heavy (non-hydrogen) atoms. The van der Waals surface area contributed by atoms with Crippen LogP contribution in [0.3, 0.4) is 0 Å². The maximum atomic E-state index is 12.5. The highest BCUT2D eigenvalue weighted by Crippen LogP contribution is 2.18. The molecule has 1 saturated heterocycles. The zero-order chi connectivity index (χ0) is 18.4. The first-order valence-corrected chi connectivity index (χ1v) is 8.78. The molecule has 2 aromatic rings. The topological polar surface area (TPSA) is 87.2 Å². The number of benzene rings is 1. The van der Waals surface area contributed by atoms with Gasteiger partial charge >= 0.3 is 0 Å². The van der Waals surface area contributed by atoms with E-state index in [1.807, 2.05) is 30.3 Å². The van der Waals surface area contributed by atoms with Gasteiger partial charge in [-0.3, -0.25) is 9.59 Å². The number of amides is 2. The second kappa shape index (κ2) is 8.42. The van der Waals surface area contributed by atoms with Gasteiger partial charge in [-0.15, -0.1) is 0 Å². The van der Waals surface area contributed by atoms with Crippen LogP contribution in [-0.4, -0.2) is 53.4 Å². The molecular formula is C19H23N5O2. The molecule has 136 valence electrons. The van der Waals surface area contributed by atoms with Crippen LogP contribution in [0.25, 0.3) is 0 Å². The molecule has 0 radical (unpaired) electrons. The number of hydrogen-bond acceptors (Lipinski definition) is 5. The van der Waals surface area contributed by atoms with Crippen molar-refractivity contribution >= 4 is 17.8 Å². The van der Waals surface area contributed by atoms with Gasteiger partial charge in [-0.1, -0.05) is 30.3 Å². The monoisotopic (exact) mass is 353 g/mol. The van der Waals surface area contributed by atoms with Crippen molar-refractivity contribution < 1.29 is 9.59 Å². The van der Waals surface area contributed by atoms with Crippen molar-refractivity contribution in [1.29, 1.82) is 0 Å². The molecular weight excluding hydrogens is 330 g/mol. The van der Waals surface area contributed by atoms with Crippen LogP contribution < -0.4 is 10.6 Å². The third-order valence-corrected chi connectivity index (χ3v) is 4.52. The number of nitrogens with one attached hydrogen (secondary N) is 2. The van der Waals surface area contributed by atoms with Crippen LogP contribution in [0.5, 0.6) is 0 Å². The Hall–Kier alpha value is -2.96. The largest absolute Gasteiger partial charge is 0.357 e. The van der Waals surface area contributed by atoms with E-state index in [0.717, 1.165) is 6.42 Å². The van der Waals surface area contributed by atoms with Gasteiger partial charge in [-0.05, 0) is 18.4 Å². The van der Waals surface area contributed by atoms with Crippen LogP contribution in [0.2, 0.25) is 0 Å². The number of aromatic nitrogens is 2. The van der Waals surface area contributed by atoms with Gasteiger partial charge in [-0.25, -0.2) is 9.97 Å². The lowest BCUT2D eigenvalue weighted by atomic mass is 10.1. The molecule has 0 saturated carbocycles. The zero-order valence-electron chi connectivity index (χ0n) is 14.8. The Balaban J connectivity index is 1.47. The number of rotatable bonds is 6. The lowest BCUT2D eigenvalue weighted by Gasteiger charge is -2.16. The van der Waals surface area contributed by atoms with Crippen molar-refractivity contribution in [3.63, 3.8) is 0 Å². The fourth-order valence-corrected chi connectivity index (χ4v) is 3.03. The van der Waals surface area contributed by atoms with Crippen molar-refractivity contribution in [3.8, 4) is 0 Å². The summed E-state index contributed by atoms with van der Waals surface area (Å²) in [7, 11) is 1.72. The molecule has 0 spiro atoms. The van der Waals surface area contributed by atoms with Crippen LogP contribution in [0, 0.1) is 5.92 Å². The second-order valence-electron chi connectivity index (χ2n) is 6.31.